The lowest BCUT2D eigenvalue weighted by Gasteiger charge is -2.04. The molecule has 3 rings (SSSR count). The molecule has 2 heterocycles. The molecule has 0 bridgehead atoms. The van der Waals surface area contributed by atoms with E-state index >= 15 is 0 Å². The minimum absolute atomic E-state index is 0.0284. The predicted octanol–water partition coefficient (Wildman–Crippen LogP) is 2.43. The van der Waals surface area contributed by atoms with Gasteiger partial charge in [0, 0.05) is 25.2 Å². The number of anilines is 1. The van der Waals surface area contributed by atoms with Gasteiger partial charge in [0.15, 0.2) is 0 Å². The minimum Gasteiger partial charge on any atom is -0.506 e. The second-order valence-corrected chi connectivity index (χ2v) is 5.45. The average Bonchev–Trinajstić information content (AvgIpc) is 3.09. The third-order valence-corrected chi connectivity index (χ3v) is 3.90. The molecule has 1 amide bonds. The summed E-state index contributed by atoms with van der Waals surface area (Å²) in [6.07, 6.45) is 7.54. The van der Waals surface area contributed by atoms with Crippen LogP contribution < -0.4 is 5.32 Å². The molecular formula is C15H18N4O2. The van der Waals surface area contributed by atoms with Gasteiger partial charge in [-0.05, 0) is 18.9 Å². The number of hydrogen-bond acceptors (Lipinski definition) is 4. The van der Waals surface area contributed by atoms with E-state index in [-0.39, 0.29) is 11.7 Å². The van der Waals surface area contributed by atoms with Crippen LogP contribution >= 0.6 is 0 Å². The first-order valence-corrected chi connectivity index (χ1v) is 7.13. The number of nitrogens with zero attached hydrogens (tertiary/aromatic N) is 3. The number of hydrogen-bond donors (Lipinski definition) is 2. The Morgan fingerprint density at radius 3 is 2.81 bits per heavy atom. The fourth-order valence-corrected chi connectivity index (χ4v) is 2.77. The Bertz CT molecular complexity index is 659. The van der Waals surface area contributed by atoms with Gasteiger partial charge in [0.05, 0.1) is 17.5 Å². The van der Waals surface area contributed by atoms with Gasteiger partial charge in [0.1, 0.15) is 11.6 Å². The first kappa shape index (κ1) is 13.6. The molecule has 1 aliphatic rings. The zero-order chi connectivity index (χ0) is 14.8. The summed E-state index contributed by atoms with van der Waals surface area (Å²) in [5.41, 5.74) is 1.36. The quantitative estimate of drug-likeness (QED) is 0.908. The number of carbonyl (C=O) groups is 1. The number of aryl methyl sites for hydroxylation is 1. The van der Waals surface area contributed by atoms with Gasteiger partial charge < -0.3 is 10.4 Å². The summed E-state index contributed by atoms with van der Waals surface area (Å²) < 4.78 is 1.68. The molecule has 0 aromatic carbocycles. The van der Waals surface area contributed by atoms with E-state index in [1.165, 1.54) is 44.1 Å². The fraction of sp³-hybridized carbons (Fsp3) is 0.400. The van der Waals surface area contributed by atoms with E-state index < -0.39 is 0 Å². The highest BCUT2D eigenvalue weighted by atomic mass is 16.3. The summed E-state index contributed by atoms with van der Waals surface area (Å²) in [6, 6.07) is 3.32. The van der Waals surface area contributed by atoms with E-state index in [4.69, 9.17) is 0 Å². The molecule has 2 N–H and O–H groups in total. The van der Waals surface area contributed by atoms with Crippen molar-refractivity contribution < 1.29 is 9.90 Å². The summed E-state index contributed by atoms with van der Waals surface area (Å²) in [7, 11) is 1.81. The van der Waals surface area contributed by atoms with Crippen molar-refractivity contribution in [3.05, 3.63) is 35.8 Å². The Morgan fingerprint density at radius 2 is 2.10 bits per heavy atom. The highest BCUT2D eigenvalue weighted by molar-refractivity contribution is 6.03. The van der Waals surface area contributed by atoms with Crippen LogP contribution in [0.3, 0.4) is 0 Å². The van der Waals surface area contributed by atoms with Gasteiger partial charge in [-0.1, -0.05) is 12.8 Å². The fourth-order valence-electron chi connectivity index (χ4n) is 2.77. The monoisotopic (exact) mass is 286 g/mol. The molecule has 0 atom stereocenters. The normalized spacial score (nSPS) is 15.3. The maximum absolute atomic E-state index is 12.1. The highest BCUT2D eigenvalue weighted by Crippen LogP contribution is 2.34. The summed E-state index contributed by atoms with van der Waals surface area (Å²) in [6.45, 7) is 0. The van der Waals surface area contributed by atoms with Crippen LogP contribution in [0.15, 0.2) is 24.5 Å². The zero-order valence-corrected chi connectivity index (χ0v) is 11.9. The molecule has 2 aromatic heterocycles. The molecule has 1 saturated carbocycles. The Morgan fingerprint density at radius 1 is 1.33 bits per heavy atom. The minimum atomic E-state index is -0.306. The topological polar surface area (TPSA) is 80.0 Å². The maximum Gasteiger partial charge on any atom is 0.258 e. The number of aromatic hydroxyl groups is 1. The number of rotatable bonds is 3. The van der Waals surface area contributed by atoms with Crippen molar-refractivity contribution in [2.24, 2.45) is 7.05 Å². The van der Waals surface area contributed by atoms with Gasteiger partial charge in [-0.2, -0.15) is 5.10 Å². The SMILES string of the molecule is Cn1nc(C2CCCC2)cc1NC(=O)c1cncc(O)c1. The lowest BCUT2D eigenvalue weighted by Crippen LogP contribution is -2.14. The van der Waals surface area contributed by atoms with Crippen LogP contribution in [0.1, 0.15) is 47.7 Å². The van der Waals surface area contributed by atoms with Crippen LogP contribution in [0, 0.1) is 0 Å². The molecule has 1 fully saturated rings. The average molecular weight is 286 g/mol. The lowest BCUT2D eigenvalue weighted by molar-refractivity contribution is 0.102. The van der Waals surface area contributed by atoms with Crippen molar-refractivity contribution in [3.63, 3.8) is 0 Å². The van der Waals surface area contributed by atoms with Gasteiger partial charge in [-0.15, -0.1) is 0 Å². The van der Waals surface area contributed by atoms with E-state index in [0.29, 0.717) is 17.3 Å². The summed E-state index contributed by atoms with van der Waals surface area (Å²) in [4.78, 5) is 16.0. The van der Waals surface area contributed by atoms with E-state index in [0.717, 1.165) is 5.69 Å². The molecule has 0 radical (unpaired) electrons. The molecule has 0 aliphatic heterocycles. The highest BCUT2D eigenvalue weighted by Gasteiger charge is 2.21. The van der Waals surface area contributed by atoms with Gasteiger partial charge in [-0.25, -0.2) is 0 Å². The first-order valence-electron chi connectivity index (χ1n) is 7.13. The van der Waals surface area contributed by atoms with Crippen LogP contribution in [0.4, 0.5) is 5.82 Å². The Labute approximate surface area is 122 Å². The van der Waals surface area contributed by atoms with Crippen LogP contribution in [0.5, 0.6) is 5.75 Å². The van der Waals surface area contributed by atoms with Gasteiger partial charge >= 0.3 is 0 Å². The van der Waals surface area contributed by atoms with Crippen molar-refractivity contribution >= 4 is 11.7 Å². The van der Waals surface area contributed by atoms with Crippen molar-refractivity contribution in [1.29, 1.82) is 0 Å². The number of pyridine rings is 1. The van der Waals surface area contributed by atoms with E-state index in [2.05, 4.69) is 15.4 Å². The molecule has 110 valence electrons. The van der Waals surface area contributed by atoms with Crippen LogP contribution in [0.25, 0.3) is 0 Å². The van der Waals surface area contributed by atoms with Crippen molar-refractivity contribution in [3.8, 4) is 5.75 Å². The van der Waals surface area contributed by atoms with Gasteiger partial charge in [-0.3, -0.25) is 14.5 Å². The number of aromatic nitrogens is 3. The third kappa shape index (κ3) is 2.89. The molecule has 1 aliphatic carbocycles. The van der Waals surface area contributed by atoms with Crippen molar-refractivity contribution in [2.45, 2.75) is 31.6 Å². The van der Waals surface area contributed by atoms with E-state index in [9.17, 15) is 9.90 Å². The van der Waals surface area contributed by atoms with Crippen LogP contribution in [0.2, 0.25) is 0 Å². The van der Waals surface area contributed by atoms with Gasteiger partial charge in [0.25, 0.3) is 5.91 Å². The van der Waals surface area contributed by atoms with Crippen LogP contribution in [-0.4, -0.2) is 25.8 Å². The first-order chi connectivity index (χ1) is 10.1. The largest absolute Gasteiger partial charge is 0.506 e. The standard InChI is InChI=1S/C15H18N4O2/c1-19-14(7-13(18-19)10-4-2-3-5-10)17-15(21)11-6-12(20)9-16-8-11/h6-10,20H,2-5H2,1H3,(H,17,21). The summed E-state index contributed by atoms with van der Waals surface area (Å²) in [5.74, 6) is 0.827. The van der Waals surface area contributed by atoms with Gasteiger partial charge in [0.2, 0.25) is 0 Å². The lowest BCUT2D eigenvalue weighted by atomic mass is 10.0. The third-order valence-electron chi connectivity index (χ3n) is 3.90. The zero-order valence-electron chi connectivity index (χ0n) is 11.9. The maximum atomic E-state index is 12.1. The summed E-state index contributed by atoms with van der Waals surface area (Å²) in [5, 5.41) is 16.7. The Kier molecular flexibility index (Phi) is 3.60. The molecular weight excluding hydrogens is 268 g/mol. The van der Waals surface area contributed by atoms with Crippen LogP contribution in [-0.2, 0) is 7.05 Å². The van der Waals surface area contributed by atoms with E-state index in [1.807, 2.05) is 13.1 Å². The second-order valence-electron chi connectivity index (χ2n) is 5.45. The van der Waals surface area contributed by atoms with E-state index in [1.54, 1.807) is 4.68 Å². The van der Waals surface area contributed by atoms with Crippen molar-refractivity contribution in [2.75, 3.05) is 5.32 Å². The molecule has 2 aromatic rings. The number of amides is 1. The van der Waals surface area contributed by atoms with Crippen molar-refractivity contribution in [1.82, 2.24) is 14.8 Å². The Hall–Kier alpha value is -2.37. The molecule has 6 heteroatoms. The summed E-state index contributed by atoms with van der Waals surface area (Å²) >= 11 is 0. The molecule has 6 nitrogen and oxygen atoms in total. The molecule has 0 saturated heterocycles. The molecule has 21 heavy (non-hydrogen) atoms. The predicted molar refractivity (Wildman–Crippen MR) is 78.3 cm³/mol. The second kappa shape index (κ2) is 5.55. The number of nitrogens with one attached hydrogen (secondary N) is 1. The molecule has 0 spiro atoms. The smallest absolute Gasteiger partial charge is 0.258 e. The number of carbonyl (C=O) groups excluding carboxylic acids is 1. The Balaban J connectivity index is 1.76. The molecule has 0 unspecified atom stereocenters.